The standard InChI is InChI=1S/C15H21IN2O2/c1-2-8-18(12-4-3-7-17-10-12)15(20)13-9-11(16)5-6-14(13)19/h5-6,9,12,17,19H,2-4,7-8,10H2,1H3. The van der Waals surface area contributed by atoms with Gasteiger partial charge in [0.25, 0.3) is 5.91 Å². The van der Waals surface area contributed by atoms with Crippen LogP contribution in [0.25, 0.3) is 0 Å². The highest BCUT2D eigenvalue weighted by Gasteiger charge is 2.27. The molecule has 1 amide bonds. The summed E-state index contributed by atoms with van der Waals surface area (Å²) in [4.78, 5) is 14.7. The number of nitrogens with zero attached hydrogens (tertiary/aromatic N) is 1. The highest BCUT2D eigenvalue weighted by molar-refractivity contribution is 14.1. The average Bonchev–Trinajstić information content (AvgIpc) is 2.47. The molecular weight excluding hydrogens is 367 g/mol. The molecule has 2 rings (SSSR count). The summed E-state index contributed by atoms with van der Waals surface area (Å²) in [5, 5.41) is 13.3. The van der Waals surface area contributed by atoms with Gasteiger partial charge >= 0.3 is 0 Å². The predicted octanol–water partition coefficient (Wildman–Crippen LogP) is 2.60. The van der Waals surface area contributed by atoms with Gasteiger partial charge in [-0.1, -0.05) is 6.92 Å². The number of phenolic OH excluding ortho intramolecular Hbond substituents is 1. The Morgan fingerprint density at radius 1 is 1.55 bits per heavy atom. The van der Waals surface area contributed by atoms with Crippen molar-refractivity contribution >= 4 is 28.5 Å². The molecule has 0 aliphatic carbocycles. The van der Waals surface area contributed by atoms with Crippen molar-refractivity contribution in [2.75, 3.05) is 19.6 Å². The molecule has 1 aromatic rings. The zero-order valence-electron chi connectivity index (χ0n) is 11.7. The molecule has 0 aromatic heterocycles. The van der Waals surface area contributed by atoms with Gasteiger partial charge in [-0.25, -0.2) is 0 Å². The lowest BCUT2D eigenvalue weighted by molar-refractivity contribution is 0.0646. The van der Waals surface area contributed by atoms with Gasteiger partial charge in [0.2, 0.25) is 0 Å². The monoisotopic (exact) mass is 388 g/mol. The van der Waals surface area contributed by atoms with Crippen molar-refractivity contribution in [2.24, 2.45) is 0 Å². The van der Waals surface area contributed by atoms with Crippen molar-refractivity contribution in [3.63, 3.8) is 0 Å². The molecule has 1 heterocycles. The summed E-state index contributed by atoms with van der Waals surface area (Å²) < 4.78 is 0.960. The number of benzene rings is 1. The molecule has 20 heavy (non-hydrogen) atoms. The van der Waals surface area contributed by atoms with Gasteiger partial charge in [0.1, 0.15) is 5.75 Å². The summed E-state index contributed by atoms with van der Waals surface area (Å²) >= 11 is 2.16. The number of piperidine rings is 1. The summed E-state index contributed by atoms with van der Waals surface area (Å²) in [5.74, 6) is 0.0110. The molecule has 1 unspecified atom stereocenters. The van der Waals surface area contributed by atoms with Gasteiger partial charge < -0.3 is 15.3 Å². The Balaban J connectivity index is 2.23. The van der Waals surface area contributed by atoms with E-state index in [0.29, 0.717) is 5.56 Å². The number of carbonyl (C=O) groups excluding carboxylic acids is 1. The SMILES string of the molecule is CCCN(C(=O)c1cc(I)ccc1O)C1CCCNC1. The highest BCUT2D eigenvalue weighted by atomic mass is 127. The second-order valence-corrected chi connectivity index (χ2v) is 6.41. The third-order valence-corrected chi connectivity index (χ3v) is 4.30. The largest absolute Gasteiger partial charge is 0.507 e. The van der Waals surface area contributed by atoms with Crippen LogP contribution in [0, 0.1) is 3.57 Å². The van der Waals surface area contributed by atoms with Crippen molar-refractivity contribution in [2.45, 2.75) is 32.2 Å². The van der Waals surface area contributed by atoms with Gasteiger partial charge in [-0.05, 0) is 66.6 Å². The summed E-state index contributed by atoms with van der Waals surface area (Å²) in [5.41, 5.74) is 0.413. The molecule has 0 spiro atoms. The van der Waals surface area contributed by atoms with Gasteiger partial charge in [0.15, 0.2) is 0 Å². The Bertz CT molecular complexity index is 473. The van der Waals surface area contributed by atoms with Gasteiger partial charge in [0, 0.05) is 22.7 Å². The molecule has 1 aliphatic heterocycles. The molecule has 1 aliphatic rings. The van der Waals surface area contributed by atoms with Gasteiger partial charge in [0.05, 0.1) is 5.56 Å². The summed E-state index contributed by atoms with van der Waals surface area (Å²) in [6.07, 6.45) is 3.05. The van der Waals surface area contributed by atoms with Gasteiger partial charge in [-0.3, -0.25) is 4.79 Å². The predicted molar refractivity (Wildman–Crippen MR) is 88.0 cm³/mol. The number of amides is 1. The maximum Gasteiger partial charge on any atom is 0.257 e. The van der Waals surface area contributed by atoms with E-state index in [1.165, 1.54) is 0 Å². The fourth-order valence-electron chi connectivity index (χ4n) is 2.62. The molecule has 1 saturated heterocycles. The van der Waals surface area contributed by atoms with Crippen molar-refractivity contribution < 1.29 is 9.90 Å². The van der Waals surface area contributed by atoms with Crippen molar-refractivity contribution in [1.29, 1.82) is 0 Å². The Kier molecular flexibility index (Phi) is 5.65. The number of phenols is 1. The molecule has 5 heteroatoms. The van der Waals surface area contributed by atoms with Gasteiger partial charge in [-0.15, -0.1) is 0 Å². The highest BCUT2D eigenvalue weighted by Crippen LogP contribution is 2.23. The van der Waals surface area contributed by atoms with Crippen LogP contribution in [0.2, 0.25) is 0 Å². The van der Waals surface area contributed by atoms with E-state index in [0.717, 1.165) is 42.5 Å². The normalized spacial score (nSPS) is 18.8. The fourth-order valence-corrected chi connectivity index (χ4v) is 3.12. The smallest absolute Gasteiger partial charge is 0.257 e. The van der Waals surface area contributed by atoms with Crippen LogP contribution in [0.15, 0.2) is 18.2 Å². The number of hydrogen-bond donors (Lipinski definition) is 2. The van der Waals surface area contributed by atoms with E-state index >= 15 is 0 Å². The Morgan fingerprint density at radius 2 is 2.35 bits per heavy atom. The number of halogens is 1. The quantitative estimate of drug-likeness (QED) is 0.780. The first kappa shape index (κ1) is 15.6. The molecule has 0 radical (unpaired) electrons. The lowest BCUT2D eigenvalue weighted by Crippen LogP contribution is -2.49. The van der Waals surface area contributed by atoms with Crippen LogP contribution in [0.5, 0.6) is 5.75 Å². The van der Waals surface area contributed by atoms with E-state index in [9.17, 15) is 9.90 Å². The topological polar surface area (TPSA) is 52.6 Å². The summed E-state index contributed by atoms with van der Waals surface area (Å²) in [6.45, 7) is 4.68. The van der Waals surface area contributed by atoms with Crippen LogP contribution in [0.3, 0.4) is 0 Å². The van der Waals surface area contributed by atoms with Crippen LogP contribution in [0.1, 0.15) is 36.5 Å². The first-order chi connectivity index (χ1) is 9.63. The molecule has 4 nitrogen and oxygen atoms in total. The Labute approximate surface area is 133 Å². The number of aromatic hydroxyl groups is 1. The first-order valence-electron chi connectivity index (χ1n) is 7.13. The number of rotatable bonds is 4. The van der Waals surface area contributed by atoms with E-state index in [4.69, 9.17) is 0 Å². The molecule has 1 fully saturated rings. The van der Waals surface area contributed by atoms with E-state index in [2.05, 4.69) is 34.8 Å². The van der Waals surface area contributed by atoms with Crippen LogP contribution in [-0.2, 0) is 0 Å². The lowest BCUT2D eigenvalue weighted by atomic mass is 10.0. The zero-order valence-corrected chi connectivity index (χ0v) is 13.9. The Morgan fingerprint density at radius 3 is 3.00 bits per heavy atom. The molecule has 0 bridgehead atoms. The van der Waals surface area contributed by atoms with Crippen molar-refractivity contribution in [1.82, 2.24) is 10.2 Å². The van der Waals surface area contributed by atoms with Crippen molar-refractivity contribution in [3.8, 4) is 5.75 Å². The van der Waals surface area contributed by atoms with E-state index < -0.39 is 0 Å². The van der Waals surface area contributed by atoms with E-state index in [1.54, 1.807) is 18.2 Å². The lowest BCUT2D eigenvalue weighted by Gasteiger charge is -2.34. The minimum atomic E-state index is -0.0587. The van der Waals surface area contributed by atoms with Crippen LogP contribution in [0.4, 0.5) is 0 Å². The molecular formula is C15H21IN2O2. The zero-order chi connectivity index (χ0) is 14.5. The third kappa shape index (κ3) is 3.63. The second kappa shape index (κ2) is 7.26. The fraction of sp³-hybridized carbons (Fsp3) is 0.533. The molecule has 1 aromatic carbocycles. The van der Waals surface area contributed by atoms with Crippen LogP contribution < -0.4 is 5.32 Å². The molecule has 2 N–H and O–H groups in total. The van der Waals surface area contributed by atoms with Gasteiger partial charge in [-0.2, -0.15) is 0 Å². The van der Waals surface area contributed by atoms with Crippen molar-refractivity contribution in [3.05, 3.63) is 27.3 Å². The Hall–Kier alpha value is -0.820. The molecule has 110 valence electrons. The average molecular weight is 388 g/mol. The maximum absolute atomic E-state index is 12.7. The maximum atomic E-state index is 12.7. The minimum Gasteiger partial charge on any atom is -0.507 e. The summed E-state index contributed by atoms with van der Waals surface area (Å²) in [7, 11) is 0. The number of carbonyl (C=O) groups is 1. The summed E-state index contributed by atoms with van der Waals surface area (Å²) in [6, 6.07) is 5.39. The van der Waals surface area contributed by atoms with E-state index in [1.807, 2.05) is 4.90 Å². The first-order valence-corrected chi connectivity index (χ1v) is 8.21. The number of nitrogens with one attached hydrogen (secondary N) is 1. The van der Waals surface area contributed by atoms with E-state index in [-0.39, 0.29) is 17.7 Å². The number of hydrogen-bond acceptors (Lipinski definition) is 3. The van der Waals surface area contributed by atoms with Crippen LogP contribution >= 0.6 is 22.6 Å². The molecule has 0 saturated carbocycles. The molecule has 1 atom stereocenters. The van der Waals surface area contributed by atoms with Crippen LogP contribution in [-0.4, -0.2) is 41.6 Å². The third-order valence-electron chi connectivity index (χ3n) is 3.63. The second-order valence-electron chi connectivity index (χ2n) is 5.16. The minimum absolute atomic E-state index is 0.0587.